The van der Waals surface area contributed by atoms with Crippen molar-refractivity contribution in [3.05, 3.63) is 18.0 Å². The van der Waals surface area contributed by atoms with E-state index in [0.717, 1.165) is 25.6 Å². The van der Waals surface area contributed by atoms with E-state index in [1.807, 2.05) is 11.8 Å². The normalized spacial score (nSPS) is 21.1. The van der Waals surface area contributed by atoms with Gasteiger partial charge in [-0.1, -0.05) is 6.92 Å². The number of piperazine rings is 1. The SMILES string of the molecule is CCC1CNCCN1c1nccc(C(F)(F)F)n1. The molecule has 1 fully saturated rings. The van der Waals surface area contributed by atoms with E-state index < -0.39 is 11.9 Å². The fraction of sp³-hybridized carbons (Fsp3) is 0.636. The van der Waals surface area contributed by atoms with Crippen LogP contribution >= 0.6 is 0 Å². The molecule has 7 heteroatoms. The summed E-state index contributed by atoms with van der Waals surface area (Å²) in [5, 5.41) is 3.21. The lowest BCUT2D eigenvalue weighted by Gasteiger charge is -2.35. The van der Waals surface area contributed by atoms with E-state index in [9.17, 15) is 13.2 Å². The Hall–Kier alpha value is -1.37. The molecule has 100 valence electrons. The Kier molecular flexibility index (Phi) is 3.70. The summed E-state index contributed by atoms with van der Waals surface area (Å²) in [6, 6.07) is 1.04. The first-order chi connectivity index (χ1) is 8.52. The molecular weight excluding hydrogens is 245 g/mol. The summed E-state index contributed by atoms with van der Waals surface area (Å²) in [4.78, 5) is 9.43. The van der Waals surface area contributed by atoms with Gasteiger partial charge in [0.05, 0.1) is 0 Å². The van der Waals surface area contributed by atoms with E-state index in [1.165, 1.54) is 6.20 Å². The van der Waals surface area contributed by atoms with Crippen molar-refractivity contribution in [2.24, 2.45) is 0 Å². The Morgan fingerprint density at radius 2 is 2.28 bits per heavy atom. The molecule has 4 nitrogen and oxygen atoms in total. The minimum atomic E-state index is -4.42. The molecule has 1 aliphatic heterocycles. The van der Waals surface area contributed by atoms with Gasteiger partial charge in [0.15, 0.2) is 0 Å². The van der Waals surface area contributed by atoms with Crippen molar-refractivity contribution in [1.82, 2.24) is 15.3 Å². The van der Waals surface area contributed by atoms with Crippen molar-refractivity contribution >= 4 is 5.95 Å². The summed E-state index contributed by atoms with van der Waals surface area (Å²) in [7, 11) is 0. The van der Waals surface area contributed by atoms with Gasteiger partial charge in [-0.25, -0.2) is 9.97 Å². The number of anilines is 1. The van der Waals surface area contributed by atoms with Crippen molar-refractivity contribution in [2.45, 2.75) is 25.6 Å². The average molecular weight is 260 g/mol. The predicted octanol–water partition coefficient (Wildman–Crippen LogP) is 1.68. The molecule has 0 amide bonds. The summed E-state index contributed by atoms with van der Waals surface area (Å²) >= 11 is 0. The summed E-state index contributed by atoms with van der Waals surface area (Å²) in [5.41, 5.74) is -0.888. The second-order valence-corrected chi connectivity index (χ2v) is 4.20. The zero-order valence-corrected chi connectivity index (χ0v) is 10.0. The summed E-state index contributed by atoms with van der Waals surface area (Å²) in [5.74, 6) is 0.165. The summed E-state index contributed by atoms with van der Waals surface area (Å²) < 4.78 is 37.8. The second kappa shape index (κ2) is 5.09. The van der Waals surface area contributed by atoms with Crippen LogP contribution in [-0.2, 0) is 6.18 Å². The van der Waals surface area contributed by atoms with Crippen LogP contribution < -0.4 is 10.2 Å². The highest BCUT2D eigenvalue weighted by Gasteiger charge is 2.34. The standard InChI is InChI=1S/C11H15F3N4/c1-2-8-7-15-5-6-18(8)10-16-4-3-9(17-10)11(12,13)14/h3-4,8,15H,2,5-7H2,1H3. The zero-order valence-electron chi connectivity index (χ0n) is 10.0. The van der Waals surface area contributed by atoms with Crippen LogP contribution in [0.2, 0.25) is 0 Å². The van der Waals surface area contributed by atoms with Crippen LogP contribution in [0, 0.1) is 0 Å². The Morgan fingerprint density at radius 3 is 2.94 bits per heavy atom. The van der Waals surface area contributed by atoms with E-state index in [1.54, 1.807) is 0 Å². The van der Waals surface area contributed by atoms with Gasteiger partial charge in [0.2, 0.25) is 5.95 Å². The maximum Gasteiger partial charge on any atom is 0.433 e. The Bertz CT molecular complexity index is 408. The molecule has 1 saturated heterocycles. The van der Waals surface area contributed by atoms with Crippen LogP contribution in [0.5, 0.6) is 0 Å². The van der Waals surface area contributed by atoms with Crippen molar-refractivity contribution in [3.63, 3.8) is 0 Å². The fourth-order valence-electron chi connectivity index (χ4n) is 2.03. The first kappa shape index (κ1) is 13.1. The largest absolute Gasteiger partial charge is 0.433 e. The molecule has 2 rings (SSSR count). The third-order valence-electron chi connectivity index (χ3n) is 3.01. The molecule has 1 aromatic rings. The fourth-order valence-corrected chi connectivity index (χ4v) is 2.03. The van der Waals surface area contributed by atoms with Gasteiger partial charge < -0.3 is 10.2 Å². The maximum atomic E-state index is 12.6. The summed E-state index contributed by atoms with van der Waals surface area (Å²) in [6.07, 6.45) is -2.42. The van der Waals surface area contributed by atoms with E-state index in [4.69, 9.17) is 0 Å². The number of hydrogen-bond donors (Lipinski definition) is 1. The highest BCUT2D eigenvalue weighted by molar-refractivity contribution is 5.33. The Balaban J connectivity index is 2.27. The molecule has 1 aromatic heterocycles. The molecular formula is C11H15F3N4. The van der Waals surface area contributed by atoms with Gasteiger partial charge in [-0.15, -0.1) is 0 Å². The lowest BCUT2D eigenvalue weighted by Crippen LogP contribution is -2.51. The molecule has 18 heavy (non-hydrogen) atoms. The van der Waals surface area contributed by atoms with Crippen LogP contribution in [0.1, 0.15) is 19.0 Å². The summed E-state index contributed by atoms with van der Waals surface area (Å²) in [6.45, 7) is 4.10. The van der Waals surface area contributed by atoms with Gasteiger partial charge in [0.25, 0.3) is 0 Å². The molecule has 2 heterocycles. The first-order valence-corrected chi connectivity index (χ1v) is 5.90. The minimum absolute atomic E-state index is 0.141. The molecule has 1 aliphatic rings. The topological polar surface area (TPSA) is 41.0 Å². The highest BCUT2D eigenvalue weighted by Crippen LogP contribution is 2.28. The second-order valence-electron chi connectivity index (χ2n) is 4.20. The van der Waals surface area contributed by atoms with Crippen molar-refractivity contribution < 1.29 is 13.2 Å². The molecule has 1 N–H and O–H groups in total. The molecule has 0 spiro atoms. The van der Waals surface area contributed by atoms with Gasteiger partial charge in [0.1, 0.15) is 5.69 Å². The molecule has 0 bridgehead atoms. The maximum absolute atomic E-state index is 12.6. The third-order valence-corrected chi connectivity index (χ3v) is 3.01. The number of halogens is 3. The van der Waals surface area contributed by atoms with E-state index in [0.29, 0.717) is 6.54 Å². The molecule has 1 atom stereocenters. The van der Waals surface area contributed by atoms with E-state index in [-0.39, 0.29) is 12.0 Å². The molecule has 0 radical (unpaired) electrons. The quantitative estimate of drug-likeness (QED) is 0.878. The zero-order chi connectivity index (χ0) is 13.2. The van der Waals surface area contributed by atoms with Crippen LogP contribution in [0.25, 0.3) is 0 Å². The minimum Gasteiger partial charge on any atom is -0.335 e. The van der Waals surface area contributed by atoms with Gasteiger partial charge >= 0.3 is 6.18 Å². The molecule has 0 aliphatic carbocycles. The lowest BCUT2D eigenvalue weighted by molar-refractivity contribution is -0.141. The van der Waals surface area contributed by atoms with Crippen molar-refractivity contribution in [3.8, 4) is 0 Å². The number of nitrogens with one attached hydrogen (secondary N) is 1. The van der Waals surface area contributed by atoms with Crippen LogP contribution in [-0.4, -0.2) is 35.6 Å². The third kappa shape index (κ3) is 2.72. The predicted molar refractivity (Wildman–Crippen MR) is 61.3 cm³/mol. The van der Waals surface area contributed by atoms with Gasteiger partial charge in [-0.05, 0) is 12.5 Å². The number of hydrogen-bond acceptors (Lipinski definition) is 4. The van der Waals surface area contributed by atoms with Crippen molar-refractivity contribution in [2.75, 3.05) is 24.5 Å². The van der Waals surface area contributed by atoms with Gasteiger partial charge in [-0.2, -0.15) is 13.2 Å². The van der Waals surface area contributed by atoms with Crippen molar-refractivity contribution in [1.29, 1.82) is 0 Å². The van der Waals surface area contributed by atoms with E-state index >= 15 is 0 Å². The number of aromatic nitrogens is 2. The van der Waals surface area contributed by atoms with Gasteiger partial charge in [0, 0.05) is 31.9 Å². The average Bonchev–Trinajstić information content (AvgIpc) is 2.38. The molecule has 0 saturated carbocycles. The monoisotopic (exact) mass is 260 g/mol. The van der Waals surface area contributed by atoms with Crippen LogP contribution in [0.3, 0.4) is 0 Å². The van der Waals surface area contributed by atoms with E-state index in [2.05, 4.69) is 15.3 Å². The molecule has 0 aromatic carbocycles. The Labute approximate surface area is 103 Å². The number of nitrogens with zero attached hydrogens (tertiary/aromatic N) is 3. The molecule has 1 unspecified atom stereocenters. The van der Waals surface area contributed by atoms with Crippen LogP contribution in [0.4, 0.5) is 19.1 Å². The Morgan fingerprint density at radius 1 is 1.50 bits per heavy atom. The number of rotatable bonds is 2. The highest BCUT2D eigenvalue weighted by atomic mass is 19.4. The number of alkyl halides is 3. The smallest absolute Gasteiger partial charge is 0.335 e. The lowest BCUT2D eigenvalue weighted by atomic mass is 10.1. The van der Waals surface area contributed by atoms with Gasteiger partial charge in [-0.3, -0.25) is 0 Å². The first-order valence-electron chi connectivity index (χ1n) is 5.90. The van der Waals surface area contributed by atoms with Crippen LogP contribution in [0.15, 0.2) is 12.3 Å².